The Balaban J connectivity index is 5.96. The van der Waals surface area contributed by atoms with E-state index in [-0.39, 0.29) is 6.61 Å². The third-order valence-corrected chi connectivity index (χ3v) is 3.15. The van der Waals surface area contributed by atoms with Crippen molar-refractivity contribution >= 4 is 11.9 Å². The summed E-state index contributed by atoms with van der Waals surface area (Å²) in [4.78, 5) is 23.9. The molecule has 0 aromatic heterocycles. The van der Waals surface area contributed by atoms with Crippen molar-refractivity contribution in [1.29, 1.82) is 0 Å². The number of hydrogen-bond acceptors (Lipinski definition) is 3. The highest BCUT2D eigenvalue weighted by atomic mass is 16.5. The van der Waals surface area contributed by atoms with Gasteiger partial charge in [0.1, 0.15) is 0 Å². The zero-order chi connectivity index (χ0) is 14.1. The first kappa shape index (κ1) is 15.9. The van der Waals surface area contributed by atoms with Gasteiger partial charge in [-0.1, -0.05) is 41.5 Å². The quantitative estimate of drug-likeness (QED) is 0.612. The fourth-order valence-corrected chi connectivity index (χ4v) is 2.71. The van der Waals surface area contributed by atoms with Crippen LogP contribution in [0.1, 0.15) is 48.5 Å². The van der Waals surface area contributed by atoms with Crippen LogP contribution in [0.25, 0.3) is 0 Å². The van der Waals surface area contributed by atoms with E-state index in [2.05, 4.69) is 0 Å². The lowest BCUT2D eigenvalue weighted by atomic mass is 9.54. The molecule has 1 N–H and O–H groups in total. The minimum absolute atomic E-state index is 0.181. The van der Waals surface area contributed by atoms with Crippen LogP contribution in [-0.2, 0) is 14.3 Å². The standard InChI is InChI=1S/C13H24O4/c1-8-17-10(16)13(9(14)15,11(2,3)4)12(5,6)7/h8H2,1-7H3,(H,14,15). The lowest BCUT2D eigenvalue weighted by molar-refractivity contribution is -0.190. The molecule has 0 aliphatic heterocycles. The first-order chi connectivity index (χ1) is 7.42. The van der Waals surface area contributed by atoms with Gasteiger partial charge >= 0.3 is 11.9 Å². The second-order valence-corrected chi connectivity index (χ2v) is 6.28. The average Bonchev–Trinajstić information content (AvgIpc) is 1.97. The van der Waals surface area contributed by atoms with Gasteiger partial charge in [-0.15, -0.1) is 0 Å². The Kier molecular flexibility index (Phi) is 4.38. The monoisotopic (exact) mass is 244 g/mol. The van der Waals surface area contributed by atoms with Crippen LogP contribution in [0.2, 0.25) is 0 Å². The molecule has 0 radical (unpaired) electrons. The van der Waals surface area contributed by atoms with Crippen LogP contribution in [0.5, 0.6) is 0 Å². The van der Waals surface area contributed by atoms with E-state index in [1.807, 2.05) is 0 Å². The summed E-state index contributed by atoms with van der Waals surface area (Å²) in [5.74, 6) is -1.79. The van der Waals surface area contributed by atoms with Crippen LogP contribution in [0.4, 0.5) is 0 Å². The van der Waals surface area contributed by atoms with Crippen molar-refractivity contribution in [2.24, 2.45) is 16.2 Å². The van der Waals surface area contributed by atoms with Gasteiger partial charge in [-0.3, -0.25) is 9.59 Å². The zero-order valence-corrected chi connectivity index (χ0v) is 11.9. The van der Waals surface area contributed by atoms with Gasteiger partial charge in [-0.25, -0.2) is 0 Å². The average molecular weight is 244 g/mol. The number of rotatable bonds is 3. The van der Waals surface area contributed by atoms with E-state index in [0.717, 1.165) is 0 Å². The second-order valence-electron chi connectivity index (χ2n) is 6.28. The topological polar surface area (TPSA) is 63.6 Å². The predicted molar refractivity (Wildman–Crippen MR) is 65.6 cm³/mol. The Bertz CT molecular complexity index is 290. The van der Waals surface area contributed by atoms with Gasteiger partial charge in [0.25, 0.3) is 0 Å². The largest absolute Gasteiger partial charge is 0.480 e. The SMILES string of the molecule is CCOC(=O)C(C(=O)O)(C(C)(C)C)C(C)(C)C. The van der Waals surface area contributed by atoms with Crippen LogP contribution in [0.3, 0.4) is 0 Å². The number of carboxylic acids is 1. The molecule has 0 spiro atoms. The summed E-state index contributed by atoms with van der Waals surface area (Å²) in [6, 6.07) is 0. The van der Waals surface area contributed by atoms with Crippen LogP contribution in [0.15, 0.2) is 0 Å². The third-order valence-electron chi connectivity index (χ3n) is 3.15. The third kappa shape index (κ3) is 2.45. The number of carbonyl (C=O) groups is 2. The molecule has 100 valence electrons. The molecule has 0 aliphatic rings. The highest BCUT2D eigenvalue weighted by Crippen LogP contribution is 2.52. The molecular formula is C13H24O4. The summed E-state index contributed by atoms with van der Waals surface area (Å²) in [7, 11) is 0. The maximum Gasteiger partial charge on any atom is 0.324 e. The molecule has 0 saturated heterocycles. The van der Waals surface area contributed by atoms with Gasteiger partial charge in [-0.2, -0.15) is 0 Å². The number of carboxylic acid groups (broad SMARTS) is 1. The molecule has 0 aromatic carbocycles. The summed E-state index contributed by atoms with van der Waals surface area (Å²) in [5, 5.41) is 9.59. The van der Waals surface area contributed by atoms with Gasteiger partial charge in [0.05, 0.1) is 6.61 Å². The highest BCUT2D eigenvalue weighted by Gasteiger charge is 2.63. The number of esters is 1. The van der Waals surface area contributed by atoms with Gasteiger partial charge in [0, 0.05) is 0 Å². The fraction of sp³-hybridized carbons (Fsp3) is 0.846. The summed E-state index contributed by atoms with van der Waals surface area (Å²) in [6.45, 7) is 12.4. The van der Waals surface area contributed by atoms with E-state index in [1.165, 1.54) is 0 Å². The number of aliphatic carboxylic acids is 1. The van der Waals surface area contributed by atoms with Gasteiger partial charge in [0.2, 0.25) is 0 Å². The van der Waals surface area contributed by atoms with Crippen LogP contribution in [0, 0.1) is 16.2 Å². The van der Waals surface area contributed by atoms with Crippen molar-refractivity contribution in [2.75, 3.05) is 6.61 Å². The van der Waals surface area contributed by atoms with Crippen LogP contribution in [-0.4, -0.2) is 23.7 Å². The number of ether oxygens (including phenoxy) is 1. The molecule has 0 heterocycles. The van der Waals surface area contributed by atoms with E-state index in [4.69, 9.17) is 4.74 Å². The molecule has 0 unspecified atom stereocenters. The molecule has 0 bridgehead atoms. The summed E-state index contributed by atoms with van der Waals surface area (Å²) in [5.41, 5.74) is -3.03. The van der Waals surface area contributed by atoms with E-state index < -0.39 is 28.2 Å². The van der Waals surface area contributed by atoms with Gasteiger partial charge in [0.15, 0.2) is 5.41 Å². The fourth-order valence-electron chi connectivity index (χ4n) is 2.71. The number of hydrogen-bond donors (Lipinski definition) is 1. The molecule has 4 heteroatoms. The van der Waals surface area contributed by atoms with Gasteiger partial charge < -0.3 is 9.84 Å². The van der Waals surface area contributed by atoms with E-state index in [0.29, 0.717) is 0 Å². The molecule has 0 atom stereocenters. The molecule has 0 rings (SSSR count). The molecule has 4 nitrogen and oxygen atoms in total. The lowest BCUT2D eigenvalue weighted by Gasteiger charge is -2.47. The lowest BCUT2D eigenvalue weighted by Crippen LogP contribution is -2.58. The molecule has 0 aliphatic carbocycles. The maximum absolute atomic E-state index is 12.2. The van der Waals surface area contributed by atoms with Crippen molar-refractivity contribution in [3.63, 3.8) is 0 Å². The highest BCUT2D eigenvalue weighted by molar-refractivity contribution is 6.01. The number of carbonyl (C=O) groups excluding carboxylic acids is 1. The molecular weight excluding hydrogens is 220 g/mol. The van der Waals surface area contributed by atoms with Crippen molar-refractivity contribution in [3.05, 3.63) is 0 Å². The summed E-state index contributed by atoms with van der Waals surface area (Å²) >= 11 is 0. The second kappa shape index (κ2) is 4.67. The molecule has 0 saturated carbocycles. The van der Waals surface area contributed by atoms with E-state index in [1.54, 1.807) is 48.5 Å². The minimum Gasteiger partial charge on any atom is -0.480 e. The Labute approximate surface area is 103 Å². The van der Waals surface area contributed by atoms with Crippen molar-refractivity contribution < 1.29 is 19.4 Å². The molecule has 17 heavy (non-hydrogen) atoms. The Morgan fingerprint density at radius 1 is 1.00 bits per heavy atom. The van der Waals surface area contributed by atoms with Crippen LogP contribution >= 0.6 is 0 Å². The summed E-state index contributed by atoms with van der Waals surface area (Å²) in [6.07, 6.45) is 0. The maximum atomic E-state index is 12.2. The molecule has 0 amide bonds. The first-order valence-corrected chi connectivity index (χ1v) is 5.83. The van der Waals surface area contributed by atoms with Crippen molar-refractivity contribution in [2.45, 2.75) is 48.5 Å². The Morgan fingerprint density at radius 2 is 1.35 bits per heavy atom. The smallest absolute Gasteiger partial charge is 0.324 e. The Hall–Kier alpha value is -1.06. The van der Waals surface area contributed by atoms with Crippen molar-refractivity contribution in [1.82, 2.24) is 0 Å². The first-order valence-electron chi connectivity index (χ1n) is 5.83. The van der Waals surface area contributed by atoms with Gasteiger partial charge in [-0.05, 0) is 17.8 Å². The zero-order valence-electron chi connectivity index (χ0n) is 11.9. The van der Waals surface area contributed by atoms with E-state index >= 15 is 0 Å². The Morgan fingerprint density at radius 3 is 1.53 bits per heavy atom. The van der Waals surface area contributed by atoms with Crippen molar-refractivity contribution in [3.8, 4) is 0 Å². The summed E-state index contributed by atoms with van der Waals surface area (Å²) < 4.78 is 5.00. The minimum atomic E-state index is -1.56. The normalized spacial score (nSPS) is 13.4. The predicted octanol–water partition coefficient (Wildman–Crippen LogP) is 2.71. The molecule has 0 aromatic rings. The molecule has 0 fully saturated rings. The van der Waals surface area contributed by atoms with Crippen LogP contribution < -0.4 is 0 Å². The van der Waals surface area contributed by atoms with E-state index in [9.17, 15) is 14.7 Å².